The van der Waals surface area contributed by atoms with Crippen LogP contribution in [0.25, 0.3) is 0 Å². The average molecular weight is 468 g/mol. The van der Waals surface area contributed by atoms with Gasteiger partial charge in [-0.1, -0.05) is 18.2 Å². The van der Waals surface area contributed by atoms with Gasteiger partial charge in [-0.25, -0.2) is 12.8 Å². The smallest absolute Gasteiger partial charge is 0.264 e. The fourth-order valence-corrected chi connectivity index (χ4v) is 5.12. The minimum atomic E-state index is -3.77. The fraction of sp³-hybridized carbons (Fsp3) is 0.240. The largest absolute Gasteiger partial charge is 0.370 e. The molecule has 33 heavy (non-hydrogen) atoms. The SMILES string of the molecule is CN(c1ccccc1)S(=O)(=O)c1ccc(C(=O)Nc2cc(F)ccc2N2CCCCC2)cc1. The quantitative estimate of drug-likeness (QED) is 0.560. The van der Waals surface area contributed by atoms with Crippen LogP contribution in [0.4, 0.5) is 21.5 Å². The van der Waals surface area contributed by atoms with Crippen LogP contribution in [0.3, 0.4) is 0 Å². The van der Waals surface area contributed by atoms with E-state index in [1.54, 1.807) is 30.3 Å². The molecule has 1 heterocycles. The molecule has 1 N–H and O–H groups in total. The van der Waals surface area contributed by atoms with Crippen molar-refractivity contribution in [2.24, 2.45) is 0 Å². The molecule has 3 aromatic carbocycles. The van der Waals surface area contributed by atoms with Gasteiger partial charge in [0.2, 0.25) is 0 Å². The van der Waals surface area contributed by atoms with E-state index in [9.17, 15) is 17.6 Å². The summed E-state index contributed by atoms with van der Waals surface area (Å²) in [5.41, 5.74) is 2.01. The Morgan fingerprint density at radius 1 is 0.939 bits per heavy atom. The fourth-order valence-electron chi connectivity index (χ4n) is 3.93. The zero-order valence-corrected chi connectivity index (χ0v) is 19.2. The number of nitrogens with zero attached hydrogens (tertiary/aromatic N) is 2. The third-order valence-corrected chi connectivity index (χ3v) is 7.60. The van der Waals surface area contributed by atoms with Crippen molar-refractivity contribution in [1.82, 2.24) is 0 Å². The van der Waals surface area contributed by atoms with E-state index >= 15 is 0 Å². The molecule has 6 nitrogen and oxygen atoms in total. The third kappa shape index (κ3) is 5.01. The zero-order chi connectivity index (χ0) is 23.4. The first-order chi connectivity index (χ1) is 15.9. The monoisotopic (exact) mass is 467 g/mol. The number of carbonyl (C=O) groups is 1. The number of anilines is 3. The van der Waals surface area contributed by atoms with Crippen molar-refractivity contribution in [3.05, 3.63) is 84.2 Å². The third-order valence-electron chi connectivity index (χ3n) is 5.80. The number of nitrogens with one attached hydrogen (secondary N) is 1. The lowest BCUT2D eigenvalue weighted by atomic mass is 10.1. The summed E-state index contributed by atoms with van der Waals surface area (Å²) in [6.45, 7) is 1.71. The van der Waals surface area contributed by atoms with Gasteiger partial charge in [-0.3, -0.25) is 9.10 Å². The number of rotatable bonds is 6. The number of hydrogen-bond donors (Lipinski definition) is 1. The highest BCUT2D eigenvalue weighted by molar-refractivity contribution is 7.92. The number of halogens is 1. The van der Waals surface area contributed by atoms with Crippen molar-refractivity contribution in [2.75, 3.05) is 34.7 Å². The summed E-state index contributed by atoms with van der Waals surface area (Å²) in [6.07, 6.45) is 3.27. The van der Waals surface area contributed by atoms with Gasteiger partial charge in [-0.05, 0) is 73.9 Å². The van der Waals surface area contributed by atoms with Gasteiger partial charge >= 0.3 is 0 Å². The maximum absolute atomic E-state index is 13.9. The van der Waals surface area contributed by atoms with Gasteiger partial charge in [0.1, 0.15) is 5.82 Å². The van der Waals surface area contributed by atoms with Crippen LogP contribution in [-0.2, 0) is 10.0 Å². The van der Waals surface area contributed by atoms with E-state index < -0.39 is 21.7 Å². The van der Waals surface area contributed by atoms with E-state index in [4.69, 9.17) is 0 Å². The molecule has 1 amide bonds. The van der Waals surface area contributed by atoms with Crippen LogP contribution in [0.5, 0.6) is 0 Å². The molecule has 0 radical (unpaired) electrons. The molecule has 172 valence electrons. The van der Waals surface area contributed by atoms with E-state index in [-0.39, 0.29) is 10.5 Å². The average Bonchev–Trinajstić information content (AvgIpc) is 2.85. The van der Waals surface area contributed by atoms with E-state index in [1.807, 2.05) is 6.07 Å². The Kier molecular flexibility index (Phi) is 6.65. The Balaban J connectivity index is 1.53. The topological polar surface area (TPSA) is 69.7 Å². The van der Waals surface area contributed by atoms with Gasteiger partial charge < -0.3 is 10.2 Å². The van der Waals surface area contributed by atoms with Gasteiger partial charge in [0, 0.05) is 25.7 Å². The summed E-state index contributed by atoms with van der Waals surface area (Å²) in [5.74, 6) is -0.865. The molecule has 1 fully saturated rings. The second kappa shape index (κ2) is 9.62. The predicted molar refractivity (Wildman–Crippen MR) is 129 cm³/mol. The summed E-state index contributed by atoms with van der Waals surface area (Å²) in [7, 11) is -2.29. The standard InChI is InChI=1S/C25H26FN3O3S/c1-28(21-8-4-2-5-9-21)33(31,32)22-13-10-19(11-14-22)25(30)27-23-18-20(26)12-15-24(23)29-16-6-3-7-17-29/h2,4-5,8-15,18H,3,6-7,16-17H2,1H3,(H,27,30). The predicted octanol–water partition coefficient (Wildman–Crippen LogP) is 4.89. The van der Waals surface area contributed by atoms with Crippen molar-refractivity contribution < 1.29 is 17.6 Å². The highest BCUT2D eigenvalue weighted by atomic mass is 32.2. The highest BCUT2D eigenvalue weighted by Gasteiger charge is 2.22. The minimum Gasteiger partial charge on any atom is -0.370 e. The number of sulfonamides is 1. The Labute approximate surface area is 193 Å². The molecule has 0 atom stereocenters. The summed E-state index contributed by atoms with van der Waals surface area (Å²) in [6, 6.07) is 18.9. The number of carbonyl (C=O) groups excluding carboxylic acids is 1. The Hall–Kier alpha value is -3.39. The molecular formula is C25H26FN3O3S. The Morgan fingerprint density at radius 3 is 2.27 bits per heavy atom. The van der Waals surface area contributed by atoms with Crippen molar-refractivity contribution in [1.29, 1.82) is 0 Å². The van der Waals surface area contributed by atoms with Crippen LogP contribution in [0.15, 0.2) is 77.7 Å². The van der Waals surface area contributed by atoms with Gasteiger partial charge in [-0.15, -0.1) is 0 Å². The minimum absolute atomic E-state index is 0.0742. The Bertz CT molecular complexity index is 1230. The molecule has 4 rings (SSSR count). The maximum atomic E-state index is 13.9. The highest BCUT2D eigenvalue weighted by Crippen LogP contribution is 2.30. The molecule has 1 saturated heterocycles. The molecule has 0 aliphatic carbocycles. The molecular weight excluding hydrogens is 441 g/mol. The van der Waals surface area contributed by atoms with Crippen LogP contribution in [0.2, 0.25) is 0 Å². The van der Waals surface area contributed by atoms with Crippen LogP contribution in [0, 0.1) is 5.82 Å². The number of para-hydroxylation sites is 1. The molecule has 8 heteroatoms. The first kappa shape index (κ1) is 22.8. The van der Waals surface area contributed by atoms with E-state index in [1.165, 1.54) is 47.8 Å². The number of benzene rings is 3. The van der Waals surface area contributed by atoms with E-state index in [0.717, 1.165) is 38.0 Å². The van der Waals surface area contributed by atoms with Gasteiger partial charge in [0.05, 0.1) is 22.0 Å². The van der Waals surface area contributed by atoms with Crippen molar-refractivity contribution in [2.45, 2.75) is 24.2 Å². The normalized spacial score (nSPS) is 14.1. The lowest BCUT2D eigenvalue weighted by Gasteiger charge is -2.30. The van der Waals surface area contributed by atoms with Gasteiger partial charge in [-0.2, -0.15) is 0 Å². The molecule has 0 aromatic heterocycles. The molecule has 1 aliphatic rings. The van der Waals surface area contributed by atoms with Gasteiger partial charge in [0.15, 0.2) is 0 Å². The van der Waals surface area contributed by atoms with Crippen LogP contribution >= 0.6 is 0 Å². The summed E-state index contributed by atoms with van der Waals surface area (Å²) < 4.78 is 41.0. The van der Waals surface area contributed by atoms with Crippen molar-refractivity contribution in [3.63, 3.8) is 0 Å². The Morgan fingerprint density at radius 2 is 1.61 bits per heavy atom. The lowest BCUT2D eigenvalue weighted by Crippen LogP contribution is -2.30. The molecule has 1 aliphatic heterocycles. The van der Waals surface area contributed by atoms with E-state index in [2.05, 4.69) is 10.2 Å². The molecule has 0 unspecified atom stereocenters. The second-order valence-corrected chi connectivity index (χ2v) is 9.97. The number of amides is 1. The molecule has 0 bridgehead atoms. The molecule has 0 spiro atoms. The summed E-state index contributed by atoms with van der Waals surface area (Å²) in [5, 5.41) is 2.79. The maximum Gasteiger partial charge on any atom is 0.264 e. The van der Waals surface area contributed by atoms with Crippen LogP contribution in [-0.4, -0.2) is 34.5 Å². The second-order valence-electron chi connectivity index (χ2n) is 8.00. The first-order valence-corrected chi connectivity index (χ1v) is 12.3. The molecule has 3 aromatic rings. The summed E-state index contributed by atoms with van der Waals surface area (Å²) >= 11 is 0. The summed E-state index contributed by atoms with van der Waals surface area (Å²) in [4.78, 5) is 15.1. The van der Waals surface area contributed by atoms with Gasteiger partial charge in [0.25, 0.3) is 15.9 Å². The number of hydrogen-bond acceptors (Lipinski definition) is 4. The lowest BCUT2D eigenvalue weighted by molar-refractivity contribution is 0.102. The van der Waals surface area contributed by atoms with Crippen molar-refractivity contribution in [3.8, 4) is 0 Å². The van der Waals surface area contributed by atoms with Crippen LogP contribution < -0.4 is 14.5 Å². The van der Waals surface area contributed by atoms with E-state index in [0.29, 0.717) is 11.4 Å². The number of piperidine rings is 1. The first-order valence-electron chi connectivity index (χ1n) is 10.9. The van der Waals surface area contributed by atoms with Crippen LogP contribution in [0.1, 0.15) is 29.6 Å². The zero-order valence-electron chi connectivity index (χ0n) is 18.4. The van der Waals surface area contributed by atoms with Crippen molar-refractivity contribution >= 4 is 33.0 Å². The molecule has 0 saturated carbocycles.